The monoisotopic (exact) mass is 315 g/mol. The lowest BCUT2D eigenvalue weighted by Gasteiger charge is -2.32. The molecule has 1 aliphatic heterocycles. The Kier molecular flexibility index (Phi) is 4.97. The van der Waals surface area contributed by atoms with Crippen molar-refractivity contribution >= 4 is 5.91 Å². The molecule has 0 aromatic carbocycles. The molecule has 2 aromatic rings. The highest BCUT2D eigenvalue weighted by Gasteiger charge is 2.24. The molecule has 7 heteroatoms. The average Bonchev–Trinajstić information content (AvgIpc) is 3.11. The molecule has 0 spiro atoms. The molecule has 0 saturated carbocycles. The molecule has 0 bridgehead atoms. The van der Waals surface area contributed by atoms with Gasteiger partial charge in [0.05, 0.1) is 17.6 Å². The van der Waals surface area contributed by atoms with E-state index in [0.717, 1.165) is 49.4 Å². The van der Waals surface area contributed by atoms with Crippen LogP contribution < -0.4 is 0 Å². The Morgan fingerprint density at radius 3 is 3.04 bits per heavy atom. The second-order valence-electron chi connectivity index (χ2n) is 5.85. The van der Waals surface area contributed by atoms with Gasteiger partial charge in [-0.25, -0.2) is 0 Å². The number of ether oxygens (including phenoxy) is 1. The summed E-state index contributed by atoms with van der Waals surface area (Å²) < 4.78 is 4.94. The van der Waals surface area contributed by atoms with Crippen molar-refractivity contribution in [2.45, 2.75) is 19.3 Å². The van der Waals surface area contributed by atoms with E-state index in [1.54, 1.807) is 19.5 Å². The minimum absolute atomic E-state index is 0.0675. The maximum atomic E-state index is 11.9. The summed E-state index contributed by atoms with van der Waals surface area (Å²) in [6.07, 6.45) is 8.25. The third-order valence-electron chi connectivity index (χ3n) is 4.12. The van der Waals surface area contributed by atoms with E-state index in [-0.39, 0.29) is 12.5 Å². The van der Waals surface area contributed by atoms with Gasteiger partial charge in [-0.2, -0.15) is 5.10 Å². The topological polar surface area (TPSA) is 84.0 Å². The van der Waals surface area contributed by atoms with E-state index in [1.165, 1.54) is 0 Å². The Hall–Kier alpha value is -2.28. The molecule has 23 heavy (non-hydrogen) atoms. The summed E-state index contributed by atoms with van der Waals surface area (Å²) in [6.45, 7) is 1.75. The Labute approximate surface area is 135 Å². The van der Waals surface area contributed by atoms with Crippen LogP contribution in [0.4, 0.5) is 0 Å². The zero-order chi connectivity index (χ0) is 16.1. The Balaban J connectivity index is 1.59. The summed E-state index contributed by atoms with van der Waals surface area (Å²) in [5.74, 6) is 0.495. The van der Waals surface area contributed by atoms with Crippen LogP contribution in [-0.4, -0.2) is 57.8 Å². The zero-order valence-corrected chi connectivity index (χ0v) is 13.2. The van der Waals surface area contributed by atoms with Gasteiger partial charge in [0.1, 0.15) is 12.3 Å². The van der Waals surface area contributed by atoms with Crippen LogP contribution in [0.3, 0.4) is 0 Å². The van der Waals surface area contributed by atoms with Gasteiger partial charge in [-0.05, 0) is 31.2 Å². The number of carbonyl (C=O) groups excluding carboxylic acids is 1. The number of carbonyl (C=O) groups is 1. The summed E-state index contributed by atoms with van der Waals surface area (Å²) in [5, 5.41) is 6.79. The highest BCUT2D eigenvalue weighted by Crippen LogP contribution is 2.21. The van der Waals surface area contributed by atoms with Gasteiger partial charge in [0, 0.05) is 32.6 Å². The predicted molar refractivity (Wildman–Crippen MR) is 84.5 cm³/mol. The van der Waals surface area contributed by atoms with Crippen LogP contribution in [0.5, 0.6) is 0 Å². The van der Waals surface area contributed by atoms with Crippen molar-refractivity contribution in [1.82, 2.24) is 25.1 Å². The molecule has 0 radical (unpaired) electrons. The van der Waals surface area contributed by atoms with Gasteiger partial charge in [-0.15, -0.1) is 0 Å². The van der Waals surface area contributed by atoms with Crippen molar-refractivity contribution in [2.75, 3.05) is 26.8 Å². The van der Waals surface area contributed by atoms with Crippen LogP contribution in [0.2, 0.25) is 0 Å². The fraction of sp³-hybridized carbons (Fsp3) is 0.500. The first-order valence-corrected chi connectivity index (χ1v) is 7.83. The van der Waals surface area contributed by atoms with Crippen molar-refractivity contribution in [2.24, 2.45) is 5.92 Å². The van der Waals surface area contributed by atoms with E-state index in [9.17, 15) is 4.79 Å². The number of nitrogens with zero attached hydrogens (tertiary/aromatic N) is 4. The number of H-pyrrole nitrogens is 1. The van der Waals surface area contributed by atoms with Gasteiger partial charge in [0.25, 0.3) is 0 Å². The lowest BCUT2D eigenvalue weighted by atomic mass is 9.93. The van der Waals surface area contributed by atoms with E-state index < -0.39 is 0 Å². The normalized spacial score (nSPS) is 18.1. The number of hydrogen-bond donors (Lipinski definition) is 1. The second kappa shape index (κ2) is 7.32. The first-order valence-electron chi connectivity index (χ1n) is 7.83. The Bertz CT molecular complexity index is 626. The number of methoxy groups -OCH3 is 1. The molecule has 1 saturated heterocycles. The molecule has 1 N–H and O–H groups in total. The van der Waals surface area contributed by atoms with Crippen LogP contribution in [0.15, 0.2) is 24.7 Å². The van der Waals surface area contributed by atoms with E-state index in [4.69, 9.17) is 4.74 Å². The lowest BCUT2D eigenvalue weighted by Crippen LogP contribution is -2.42. The second-order valence-corrected chi connectivity index (χ2v) is 5.85. The van der Waals surface area contributed by atoms with Gasteiger partial charge in [0.15, 0.2) is 0 Å². The van der Waals surface area contributed by atoms with E-state index in [1.807, 2.05) is 17.2 Å². The smallest absolute Gasteiger partial charge is 0.248 e. The molecule has 1 aliphatic rings. The molecule has 2 aromatic heterocycles. The van der Waals surface area contributed by atoms with Crippen molar-refractivity contribution in [3.05, 3.63) is 30.4 Å². The number of piperidine rings is 1. The van der Waals surface area contributed by atoms with Crippen LogP contribution in [-0.2, 0) is 16.0 Å². The van der Waals surface area contributed by atoms with Crippen LogP contribution in [0.1, 0.15) is 18.5 Å². The molecular formula is C16H21N5O2. The summed E-state index contributed by atoms with van der Waals surface area (Å²) in [6, 6.07) is 1.87. The predicted octanol–water partition coefficient (Wildman–Crippen LogP) is 1.29. The number of likely N-dealkylation sites (tertiary alicyclic amines) is 1. The summed E-state index contributed by atoms with van der Waals surface area (Å²) in [7, 11) is 1.55. The first-order chi connectivity index (χ1) is 11.3. The molecule has 7 nitrogen and oxygen atoms in total. The minimum atomic E-state index is 0.0675. The van der Waals surface area contributed by atoms with Crippen LogP contribution >= 0.6 is 0 Å². The number of aromatic amines is 1. The quantitative estimate of drug-likeness (QED) is 0.899. The van der Waals surface area contributed by atoms with Gasteiger partial charge in [-0.1, -0.05) is 0 Å². The molecule has 0 aliphatic carbocycles. The van der Waals surface area contributed by atoms with Gasteiger partial charge >= 0.3 is 0 Å². The molecular weight excluding hydrogens is 294 g/mol. The van der Waals surface area contributed by atoms with Crippen molar-refractivity contribution in [3.8, 4) is 11.4 Å². The van der Waals surface area contributed by atoms with E-state index in [0.29, 0.717) is 5.92 Å². The summed E-state index contributed by atoms with van der Waals surface area (Å²) in [5.41, 5.74) is 2.60. The number of hydrogen-bond acceptors (Lipinski definition) is 5. The zero-order valence-electron chi connectivity index (χ0n) is 13.2. The number of aromatic nitrogens is 4. The lowest BCUT2D eigenvalue weighted by molar-refractivity contribution is -0.136. The Morgan fingerprint density at radius 2 is 2.35 bits per heavy atom. The fourth-order valence-electron chi connectivity index (χ4n) is 2.97. The van der Waals surface area contributed by atoms with Crippen molar-refractivity contribution < 1.29 is 9.53 Å². The Morgan fingerprint density at radius 1 is 1.43 bits per heavy atom. The number of rotatable bonds is 5. The summed E-state index contributed by atoms with van der Waals surface area (Å²) in [4.78, 5) is 22.8. The molecule has 0 unspecified atom stereocenters. The van der Waals surface area contributed by atoms with Crippen LogP contribution in [0.25, 0.3) is 11.4 Å². The third-order valence-corrected chi connectivity index (χ3v) is 4.12. The maximum Gasteiger partial charge on any atom is 0.248 e. The summed E-state index contributed by atoms with van der Waals surface area (Å²) >= 11 is 0. The van der Waals surface area contributed by atoms with E-state index >= 15 is 0 Å². The van der Waals surface area contributed by atoms with E-state index in [2.05, 4.69) is 20.2 Å². The molecule has 1 amide bonds. The first kappa shape index (κ1) is 15.6. The average molecular weight is 315 g/mol. The standard InChI is InChI=1S/C16H21N5O2/c1-23-11-16(22)21-6-2-3-12(10-21)7-13-8-18-15(9-17-13)14-4-5-19-20-14/h4-5,8-9,12H,2-3,6-7,10-11H2,1H3,(H,19,20)/t12-/m1/s1. The van der Waals surface area contributed by atoms with Crippen molar-refractivity contribution in [3.63, 3.8) is 0 Å². The number of nitrogens with one attached hydrogen (secondary N) is 1. The third kappa shape index (κ3) is 3.92. The van der Waals surface area contributed by atoms with Gasteiger partial charge in [-0.3, -0.25) is 19.9 Å². The highest BCUT2D eigenvalue weighted by atomic mass is 16.5. The van der Waals surface area contributed by atoms with Gasteiger partial charge in [0.2, 0.25) is 5.91 Å². The molecule has 3 rings (SSSR count). The molecule has 122 valence electrons. The van der Waals surface area contributed by atoms with Crippen molar-refractivity contribution in [1.29, 1.82) is 0 Å². The van der Waals surface area contributed by atoms with Crippen LogP contribution in [0, 0.1) is 5.92 Å². The largest absolute Gasteiger partial charge is 0.375 e. The SMILES string of the molecule is COCC(=O)N1CCC[C@H](Cc2cnc(-c3ccn[nH]3)cn2)C1. The van der Waals surface area contributed by atoms with Gasteiger partial charge < -0.3 is 9.64 Å². The molecule has 3 heterocycles. The highest BCUT2D eigenvalue weighted by molar-refractivity contribution is 5.77. The fourth-order valence-corrected chi connectivity index (χ4v) is 2.97. The minimum Gasteiger partial charge on any atom is -0.375 e. The maximum absolute atomic E-state index is 11.9. The number of amides is 1. The molecule has 1 atom stereocenters. The molecule has 1 fully saturated rings.